The second-order valence-electron chi connectivity index (χ2n) is 4.62. The molecule has 0 aliphatic heterocycles. The monoisotopic (exact) mass is 241 g/mol. The molecular weight excluding hydrogens is 226 g/mol. The molecule has 1 heterocycles. The quantitative estimate of drug-likeness (QED) is 0.892. The highest BCUT2D eigenvalue weighted by Crippen LogP contribution is 2.30. The average molecular weight is 241 g/mol. The van der Waals surface area contributed by atoms with E-state index < -0.39 is 0 Å². The maximum absolute atomic E-state index is 11.7. The molecule has 0 saturated heterocycles. The molecule has 1 fully saturated rings. The van der Waals surface area contributed by atoms with Gasteiger partial charge in [-0.05, 0) is 18.4 Å². The lowest BCUT2D eigenvalue weighted by molar-refractivity contribution is -0.117. The molecule has 0 bridgehead atoms. The van der Waals surface area contributed by atoms with Crippen molar-refractivity contribution in [3.8, 4) is 0 Å². The van der Waals surface area contributed by atoms with Crippen molar-refractivity contribution >= 4 is 11.7 Å². The van der Waals surface area contributed by atoms with Gasteiger partial charge in [-0.3, -0.25) is 4.79 Å². The predicted molar refractivity (Wildman–Crippen MR) is 69.1 cm³/mol. The second-order valence-corrected chi connectivity index (χ2v) is 4.62. The van der Waals surface area contributed by atoms with Crippen molar-refractivity contribution in [3.63, 3.8) is 0 Å². The van der Waals surface area contributed by atoms with Crippen LogP contribution in [0.2, 0.25) is 0 Å². The highest BCUT2D eigenvalue weighted by molar-refractivity contribution is 5.93. The lowest BCUT2D eigenvalue weighted by atomic mass is 10.2. The van der Waals surface area contributed by atoms with Crippen LogP contribution in [0.1, 0.15) is 18.4 Å². The molecule has 1 aliphatic rings. The van der Waals surface area contributed by atoms with E-state index in [1.807, 2.05) is 41.1 Å². The van der Waals surface area contributed by atoms with Gasteiger partial charge in [-0.1, -0.05) is 30.3 Å². The maximum atomic E-state index is 11.7. The fourth-order valence-electron chi connectivity index (χ4n) is 1.90. The number of anilines is 1. The molecule has 0 atom stereocenters. The molecule has 18 heavy (non-hydrogen) atoms. The van der Waals surface area contributed by atoms with Crippen LogP contribution in [0.15, 0.2) is 42.6 Å². The Bertz CT molecular complexity index is 543. The zero-order valence-corrected chi connectivity index (χ0v) is 10.0. The van der Waals surface area contributed by atoms with Crippen molar-refractivity contribution < 1.29 is 4.79 Å². The van der Waals surface area contributed by atoms with E-state index in [0.29, 0.717) is 6.54 Å². The van der Waals surface area contributed by atoms with Crippen molar-refractivity contribution in [1.29, 1.82) is 0 Å². The third-order valence-corrected chi connectivity index (χ3v) is 3.09. The van der Waals surface area contributed by atoms with E-state index in [2.05, 4.69) is 10.4 Å². The van der Waals surface area contributed by atoms with Crippen LogP contribution in [-0.2, 0) is 11.3 Å². The number of benzene rings is 1. The van der Waals surface area contributed by atoms with E-state index >= 15 is 0 Å². The fourth-order valence-corrected chi connectivity index (χ4v) is 1.90. The normalized spacial score (nSPS) is 14.4. The van der Waals surface area contributed by atoms with Crippen LogP contribution in [0.5, 0.6) is 0 Å². The fraction of sp³-hybridized carbons (Fsp3) is 0.286. The first-order valence-electron chi connectivity index (χ1n) is 6.19. The van der Waals surface area contributed by atoms with Crippen LogP contribution in [0, 0.1) is 5.92 Å². The van der Waals surface area contributed by atoms with E-state index in [1.165, 1.54) is 5.56 Å². The first kappa shape index (κ1) is 11.0. The Kier molecular flexibility index (Phi) is 2.84. The minimum atomic E-state index is 0.116. The Balaban J connectivity index is 1.72. The molecule has 4 heteroatoms. The molecule has 1 aromatic heterocycles. The Morgan fingerprint density at radius 1 is 1.28 bits per heavy atom. The summed E-state index contributed by atoms with van der Waals surface area (Å²) in [5.74, 6) is 1.10. The van der Waals surface area contributed by atoms with Gasteiger partial charge in [0.2, 0.25) is 5.91 Å². The number of nitrogens with zero attached hydrogens (tertiary/aromatic N) is 2. The number of hydrogen-bond donors (Lipinski definition) is 1. The summed E-state index contributed by atoms with van der Waals surface area (Å²) in [6.07, 6.45) is 3.74. The minimum absolute atomic E-state index is 0.116. The summed E-state index contributed by atoms with van der Waals surface area (Å²) in [5, 5.41) is 7.18. The van der Waals surface area contributed by atoms with Gasteiger partial charge < -0.3 is 5.32 Å². The van der Waals surface area contributed by atoms with Crippen molar-refractivity contribution in [1.82, 2.24) is 9.78 Å². The molecule has 92 valence electrons. The molecule has 1 aliphatic carbocycles. The number of carbonyl (C=O) groups excluding carboxylic acids is 1. The van der Waals surface area contributed by atoms with E-state index in [0.717, 1.165) is 18.7 Å². The van der Waals surface area contributed by atoms with E-state index in [-0.39, 0.29) is 11.8 Å². The second kappa shape index (κ2) is 4.64. The van der Waals surface area contributed by atoms with Gasteiger partial charge in [0.05, 0.1) is 12.7 Å². The third-order valence-electron chi connectivity index (χ3n) is 3.09. The van der Waals surface area contributed by atoms with Gasteiger partial charge in [0, 0.05) is 12.0 Å². The molecule has 0 unspecified atom stereocenters. The summed E-state index contributed by atoms with van der Waals surface area (Å²) in [5.41, 5.74) is 1.17. The summed E-state index contributed by atoms with van der Waals surface area (Å²) < 4.78 is 1.82. The van der Waals surface area contributed by atoms with Gasteiger partial charge >= 0.3 is 0 Å². The third kappa shape index (κ3) is 2.42. The molecule has 0 spiro atoms. The summed E-state index contributed by atoms with van der Waals surface area (Å²) in [4.78, 5) is 11.7. The predicted octanol–water partition coefficient (Wildman–Crippen LogP) is 2.28. The van der Waals surface area contributed by atoms with Gasteiger partial charge in [0.15, 0.2) is 0 Å². The molecule has 3 rings (SSSR count). The summed E-state index contributed by atoms with van der Waals surface area (Å²) in [6, 6.07) is 11.9. The highest BCUT2D eigenvalue weighted by Gasteiger charge is 2.30. The van der Waals surface area contributed by atoms with Gasteiger partial charge in [0.1, 0.15) is 5.82 Å². The molecule has 2 aromatic rings. The van der Waals surface area contributed by atoms with Crippen LogP contribution in [0.4, 0.5) is 5.82 Å². The topological polar surface area (TPSA) is 46.9 Å². The lowest BCUT2D eigenvalue weighted by Crippen LogP contribution is -2.17. The average Bonchev–Trinajstić information content (AvgIpc) is 3.16. The SMILES string of the molecule is O=C(Nc1ccnn1Cc1ccccc1)C1CC1. The van der Waals surface area contributed by atoms with Crippen LogP contribution in [-0.4, -0.2) is 15.7 Å². The smallest absolute Gasteiger partial charge is 0.228 e. The first-order valence-corrected chi connectivity index (χ1v) is 6.19. The van der Waals surface area contributed by atoms with E-state index in [1.54, 1.807) is 6.20 Å². The van der Waals surface area contributed by atoms with E-state index in [9.17, 15) is 4.79 Å². The van der Waals surface area contributed by atoms with Gasteiger partial charge in [-0.2, -0.15) is 5.10 Å². The highest BCUT2D eigenvalue weighted by atomic mass is 16.2. The molecule has 0 radical (unpaired) electrons. The first-order chi connectivity index (χ1) is 8.83. The van der Waals surface area contributed by atoms with Crippen LogP contribution >= 0.6 is 0 Å². The summed E-state index contributed by atoms with van der Waals surface area (Å²) >= 11 is 0. The van der Waals surface area contributed by atoms with Crippen molar-refractivity contribution in [3.05, 3.63) is 48.2 Å². The maximum Gasteiger partial charge on any atom is 0.228 e. The number of carbonyl (C=O) groups is 1. The molecule has 1 saturated carbocycles. The van der Waals surface area contributed by atoms with E-state index in [4.69, 9.17) is 0 Å². The van der Waals surface area contributed by atoms with Crippen molar-refractivity contribution in [2.45, 2.75) is 19.4 Å². The molecule has 4 nitrogen and oxygen atoms in total. The molecule has 1 aromatic carbocycles. The molecule has 1 N–H and O–H groups in total. The number of amides is 1. The Labute approximate surface area is 106 Å². The molecule has 1 amide bonds. The van der Waals surface area contributed by atoms with Gasteiger partial charge in [0.25, 0.3) is 0 Å². The molecular formula is C14H15N3O. The Morgan fingerprint density at radius 3 is 2.78 bits per heavy atom. The van der Waals surface area contributed by atoms with Crippen LogP contribution in [0.25, 0.3) is 0 Å². The summed E-state index contributed by atoms with van der Waals surface area (Å²) in [7, 11) is 0. The lowest BCUT2D eigenvalue weighted by Gasteiger charge is -2.08. The minimum Gasteiger partial charge on any atom is -0.311 e. The standard InChI is InChI=1S/C14H15N3O/c18-14(12-6-7-12)16-13-8-9-15-17(13)10-11-4-2-1-3-5-11/h1-5,8-9,12H,6-7,10H2,(H,16,18). The Hall–Kier alpha value is -2.10. The van der Waals surface area contributed by atoms with Crippen molar-refractivity contribution in [2.75, 3.05) is 5.32 Å². The van der Waals surface area contributed by atoms with Gasteiger partial charge in [-0.15, -0.1) is 0 Å². The number of hydrogen-bond acceptors (Lipinski definition) is 2. The van der Waals surface area contributed by atoms with Crippen molar-refractivity contribution in [2.24, 2.45) is 5.92 Å². The summed E-state index contributed by atoms with van der Waals surface area (Å²) in [6.45, 7) is 0.675. The number of aromatic nitrogens is 2. The number of nitrogens with one attached hydrogen (secondary N) is 1. The zero-order chi connectivity index (χ0) is 12.4. The van der Waals surface area contributed by atoms with Crippen LogP contribution < -0.4 is 5.32 Å². The largest absolute Gasteiger partial charge is 0.311 e. The zero-order valence-electron chi connectivity index (χ0n) is 10.0. The number of rotatable bonds is 4. The van der Waals surface area contributed by atoms with Crippen LogP contribution in [0.3, 0.4) is 0 Å². The Morgan fingerprint density at radius 2 is 2.06 bits per heavy atom. The van der Waals surface area contributed by atoms with Gasteiger partial charge in [-0.25, -0.2) is 4.68 Å².